The highest BCUT2D eigenvalue weighted by Gasteiger charge is 2.16. The molecule has 2 heterocycles. The molecule has 2 heteroatoms. The first-order chi connectivity index (χ1) is 6.86. The highest BCUT2D eigenvalue weighted by atomic mass is 14.9. The van der Waals surface area contributed by atoms with Gasteiger partial charge >= 0.3 is 0 Å². The third-order valence-corrected chi connectivity index (χ3v) is 3.08. The molecule has 0 bridgehead atoms. The molecule has 2 rings (SSSR count). The highest BCUT2D eigenvalue weighted by molar-refractivity contribution is 5.15. The van der Waals surface area contributed by atoms with Crippen LogP contribution < -0.4 is 5.32 Å². The van der Waals surface area contributed by atoms with Gasteiger partial charge in [0, 0.05) is 18.4 Å². The molecule has 0 aromatic carbocycles. The maximum atomic E-state index is 4.05. The van der Waals surface area contributed by atoms with Crippen LogP contribution in [-0.2, 0) is 0 Å². The minimum Gasteiger partial charge on any atom is -0.310 e. The number of pyridine rings is 1. The monoisotopic (exact) mass is 190 g/mol. The van der Waals surface area contributed by atoms with E-state index in [9.17, 15) is 0 Å². The number of rotatable bonds is 1. The average molecular weight is 190 g/mol. The van der Waals surface area contributed by atoms with Gasteiger partial charge in [-0.2, -0.15) is 0 Å². The molecule has 0 saturated carbocycles. The lowest BCUT2D eigenvalue weighted by molar-refractivity contribution is 0.502. The number of aromatic nitrogens is 1. The molecule has 1 N–H and O–H groups in total. The van der Waals surface area contributed by atoms with Crippen molar-refractivity contribution in [2.45, 2.75) is 32.2 Å². The Labute approximate surface area is 85.7 Å². The molecule has 0 spiro atoms. The number of hydrogen-bond donors (Lipinski definition) is 1. The molecule has 1 fully saturated rings. The van der Waals surface area contributed by atoms with Crippen LogP contribution in [0.2, 0.25) is 0 Å². The van der Waals surface area contributed by atoms with Crippen LogP contribution >= 0.6 is 0 Å². The molecule has 76 valence electrons. The number of nitrogens with zero attached hydrogens (tertiary/aromatic N) is 1. The van der Waals surface area contributed by atoms with E-state index >= 15 is 0 Å². The van der Waals surface area contributed by atoms with E-state index in [4.69, 9.17) is 0 Å². The van der Waals surface area contributed by atoms with Gasteiger partial charge in [-0.1, -0.05) is 6.92 Å². The van der Waals surface area contributed by atoms with Crippen LogP contribution in [0.1, 0.15) is 37.8 Å². The Hall–Kier alpha value is -0.890. The third-order valence-electron chi connectivity index (χ3n) is 3.08. The van der Waals surface area contributed by atoms with E-state index in [0.29, 0.717) is 6.04 Å². The summed E-state index contributed by atoms with van der Waals surface area (Å²) in [6.07, 6.45) is 7.66. The first kappa shape index (κ1) is 9.66. The van der Waals surface area contributed by atoms with Crippen molar-refractivity contribution in [3.63, 3.8) is 0 Å². The number of nitrogens with one attached hydrogen (secondary N) is 1. The second-order valence-electron chi connectivity index (χ2n) is 4.26. The fourth-order valence-corrected chi connectivity index (χ4v) is 2.08. The van der Waals surface area contributed by atoms with Gasteiger partial charge in [0.2, 0.25) is 0 Å². The Bertz CT molecular complexity index is 271. The van der Waals surface area contributed by atoms with Crippen molar-refractivity contribution in [3.8, 4) is 0 Å². The summed E-state index contributed by atoms with van der Waals surface area (Å²) in [5, 5.41) is 3.60. The second-order valence-corrected chi connectivity index (χ2v) is 4.26. The molecule has 0 aliphatic carbocycles. The zero-order valence-corrected chi connectivity index (χ0v) is 8.74. The molecule has 14 heavy (non-hydrogen) atoms. The van der Waals surface area contributed by atoms with E-state index in [2.05, 4.69) is 29.4 Å². The van der Waals surface area contributed by atoms with Gasteiger partial charge in [-0.05, 0) is 49.4 Å². The van der Waals surface area contributed by atoms with E-state index in [1.807, 2.05) is 12.4 Å². The van der Waals surface area contributed by atoms with Gasteiger partial charge in [-0.3, -0.25) is 4.98 Å². The molecule has 1 aliphatic rings. The van der Waals surface area contributed by atoms with Crippen molar-refractivity contribution in [2.75, 3.05) is 6.54 Å². The average Bonchev–Trinajstić information content (AvgIpc) is 2.44. The largest absolute Gasteiger partial charge is 0.310 e. The molecular formula is C12H18N2. The normalized spacial score (nSPS) is 28.4. The zero-order chi connectivity index (χ0) is 9.80. The van der Waals surface area contributed by atoms with E-state index < -0.39 is 0 Å². The number of hydrogen-bond acceptors (Lipinski definition) is 2. The molecule has 1 saturated heterocycles. The standard InChI is InChI=1S/C12H18N2/c1-10-2-3-12(14-9-4-10)11-5-7-13-8-6-11/h5-8,10,12,14H,2-4,9H2,1H3/t10-,12+/m0/s1. The predicted octanol–water partition coefficient (Wildman–Crippen LogP) is 2.53. The summed E-state index contributed by atoms with van der Waals surface area (Å²) in [5.41, 5.74) is 1.38. The fourth-order valence-electron chi connectivity index (χ4n) is 2.08. The molecule has 2 nitrogen and oxygen atoms in total. The van der Waals surface area contributed by atoms with Gasteiger partial charge in [-0.15, -0.1) is 0 Å². The smallest absolute Gasteiger partial charge is 0.0321 e. The van der Waals surface area contributed by atoms with E-state index in [0.717, 1.165) is 12.5 Å². The lowest BCUT2D eigenvalue weighted by atomic mass is 9.98. The van der Waals surface area contributed by atoms with E-state index in [1.54, 1.807) is 0 Å². The van der Waals surface area contributed by atoms with Crippen LogP contribution in [0.15, 0.2) is 24.5 Å². The second kappa shape index (κ2) is 4.56. The van der Waals surface area contributed by atoms with Crippen molar-refractivity contribution in [1.29, 1.82) is 0 Å². The first-order valence-corrected chi connectivity index (χ1v) is 5.49. The minimum atomic E-state index is 0.544. The molecule has 1 aliphatic heterocycles. The SMILES string of the molecule is C[C@@H]1CCN[C@@H](c2ccncc2)CC1. The molecule has 0 amide bonds. The van der Waals surface area contributed by atoms with Crippen LogP contribution in [0.3, 0.4) is 0 Å². The molecule has 0 radical (unpaired) electrons. The summed E-state index contributed by atoms with van der Waals surface area (Å²) in [5.74, 6) is 0.870. The lowest BCUT2D eigenvalue weighted by Gasteiger charge is -2.15. The van der Waals surface area contributed by atoms with Gasteiger partial charge in [0.1, 0.15) is 0 Å². The first-order valence-electron chi connectivity index (χ1n) is 5.49. The third kappa shape index (κ3) is 2.32. The van der Waals surface area contributed by atoms with Crippen molar-refractivity contribution < 1.29 is 0 Å². The Morgan fingerprint density at radius 2 is 2.00 bits per heavy atom. The Morgan fingerprint density at radius 3 is 2.79 bits per heavy atom. The maximum absolute atomic E-state index is 4.05. The quantitative estimate of drug-likeness (QED) is 0.736. The Morgan fingerprint density at radius 1 is 1.21 bits per heavy atom. The topological polar surface area (TPSA) is 24.9 Å². The minimum absolute atomic E-state index is 0.544. The van der Waals surface area contributed by atoms with Gasteiger partial charge in [0.25, 0.3) is 0 Å². The van der Waals surface area contributed by atoms with Crippen molar-refractivity contribution in [2.24, 2.45) is 5.92 Å². The lowest BCUT2D eigenvalue weighted by Crippen LogP contribution is -2.20. The van der Waals surface area contributed by atoms with Crippen LogP contribution in [0.4, 0.5) is 0 Å². The summed E-state index contributed by atoms with van der Waals surface area (Å²) in [4.78, 5) is 4.05. The predicted molar refractivity (Wildman–Crippen MR) is 58.0 cm³/mol. The van der Waals surface area contributed by atoms with Crippen molar-refractivity contribution in [1.82, 2.24) is 10.3 Å². The van der Waals surface area contributed by atoms with Gasteiger partial charge in [0.05, 0.1) is 0 Å². The van der Waals surface area contributed by atoms with E-state index in [-0.39, 0.29) is 0 Å². The van der Waals surface area contributed by atoms with Crippen LogP contribution in [-0.4, -0.2) is 11.5 Å². The Balaban J connectivity index is 2.04. The summed E-state index contributed by atoms with van der Waals surface area (Å²) < 4.78 is 0. The van der Waals surface area contributed by atoms with Gasteiger partial charge in [-0.25, -0.2) is 0 Å². The Kier molecular flexibility index (Phi) is 3.14. The summed E-state index contributed by atoms with van der Waals surface area (Å²) in [6, 6.07) is 4.78. The molecule has 1 aromatic heterocycles. The van der Waals surface area contributed by atoms with E-state index in [1.165, 1.54) is 24.8 Å². The molecule has 2 atom stereocenters. The van der Waals surface area contributed by atoms with Gasteiger partial charge < -0.3 is 5.32 Å². The van der Waals surface area contributed by atoms with Crippen molar-refractivity contribution >= 4 is 0 Å². The van der Waals surface area contributed by atoms with Crippen LogP contribution in [0.5, 0.6) is 0 Å². The van der Waals surface area contributed by atoms with Crippen LogP contribution in [0.25, 0.3) is 0 Å². The van der Waals surface area contributed by atoms with Crippen LogP contribution in [0, 0.1) is 5.92 Å². The maximum Gasteiger partial charge on any atom is 0.0321 e. The molecule has 0 unspecified atom stereocenters. The van der Waals surface area contributed by atoms with Crippen molar-refractivity contribution in [3.05, 3.63) is 30.1 Å². The summed E-state index contributed by atoms with van der Waals surface area (Å²) >= 11 is 0. The highest BCUT2D eigenvalue weighted by Crippen LogP contribution is 2.24. The summed E-state index contributed by atoms with van der Waals surface area (Å²) in [6.45, 7) is 3.49. The molecule has 1 aromatic rings. The fraction of sp³-hybridized carbons (Fsp3) is 0.583. The molecular weight excluding hydrogens is 172 g/mol. The summed E-state index contributed by atoms with van der Waals surface area (Å²) in [7, 11) is 0. The zero-order valence-electron chi connectivity index (χ0n) is 8.74. The van der Waals surface area contributed by atoms with Gasteiger partial charge in [0.15, 0.2) is 0 Å².